The lowest BCUT2D eigenvalue weighted by molar-refractivity contribution is 0.0497. The minimum Gasteiger partial charge on any atom is -0.493 e. The quantitative estimate of drug-likeness (QED) is 0.768. The van der Waals surface area contributed by atoms with E-state index in [0.717, 1.165) is 38.4 Å². The standard InChI is InChI=1S/C14H15ClO2/c1-2-12-9-13(3-4-14(12)15)17-10-11-5-7-16-8-6-11/h1,3-4,9,11H,5-8,10H2. The van der Waals surface area contributed by atoms with E-state index in [-0.39, 0.29) is 0 Å². The molecule has 1 aromatic rings. The molecule has 0 spiro atoms. The van der Waals surface area contributed by atoms with Gasteiger partial charge < -0.3 is 9.47 Å². The maximum atomic E-state index is 5.93. The topological polar surface area (TPSA) is 18.5 Å². The average molecular weight is 251 g/mol. The van der Waals surface area contributed by atoms with Gasteiger partial charge >= 0.3 is 0 Å². The van der Waals surface area contributed by atoms with Crippen molar-refractivity contribution < 1.29 is 9.47 Å². The molecule has 0 aliphatic carbocycles. The van der Waals surface area contributed by atoms with Crippen molar-refractivity contribution in [1.29, 1.82) is 0 Å². The van der Waals surface area contributed by atoms with Crippen molar-refractivity contribution in [2.24, 2.45) is 5.92 Å². The summed E-state index contributed by atoms with van der Waals surface area (Å²) in [6.45, 7) is 2.39. The van der Waals surface area contributed by atoms with Gasteiger partial charge in [0, 0.05) is 18.8 Å². The number of rotatable bonds is 3. The molecule has 17 heavy (non-hydrogen) atoms. The Morgan fingerprint density at radius 1 is 1.41 bits per heavy atom. The molecule has 2 nitrogen and oxygen atoms in total. The fourth-order valence-corrected chi connectivity index (χ4v) is 2.00. The van der Waals surface area contributed by atoms with Gasteiger partial charge in [0.2, 0.25) is 0 Å². The summed E-state index contributed by atoms with van der Waals surface area (Å²) in [5.41, 5.74) is 0.677. The molecule has 0 saturated carbocycles. The number of ether oxygens (including phenoxy) is 2. The van der Waals surface area contributed by atoms with Crippen molar-refractivity contribution in [2.75, 3.05) is 19.8 Å². The third-order valence-corrected chi connectivity index (χ3v) is 3.25. The zero-order chi connectivity index (χ0) is 12.1. The third kappa shape index (κ3) is 3.39. The van der Waals surface area contributed by atoms with Crippen molar-refractivity contribution in [2.45, 2.75) is 12.8 Å². The summed E-state index contributed by atoms with van der Waals surface area (Å²) in [4.78, 5) is 0. The average Bonchev–Trinajstić information content (AvgIpc) is 2.39. The molecule has 0 unspecified atom stereocenters. The minimum atomic E-state index is 0.578. The summed E-state index contributed by atoms with van der Waals surface area (Å²) < 4.78 is 11.0. The molecule has 0 N–H and O–H groups in total. The molecule has 0 aromatic heterocycles. The SMILES string of the molecule is C#Cc1cc(OCC2CCOCC2)ccc1Cl. The van der Waals surface area contributed by atoms with Gasteiger partial charge in [-0.05, 0) is 37.0 Å². The van der Waals surface area contributed by atoms with Gasteiger partial charge in [-0.25, -0.2) is 0 Å². The van der Waals surface area contributed by atoms with Crippen molar-refractivity contribution in [3.8, 4) is 18.1 Å². The lowest BCUT2D eigenvalue weighted by Crippen LogP contribution is -2.21. The van der Waals surface area contributed by atoms with E-state index in [1.165, 1.54) is 0 Å². The van der Waals surface area contributed by atoms with Gasteiger partial charge in [0.05, 0.1) is 11.6 Å². The van der Waals surface area contributed by atoms with E-state index < -0.39 is 0 Å². The van der Waals surface area contributed by atoms with Crippen molar-refractivity contribution >= 4 is 11.6 Å². The van der Waals surface area contributed by atoms with Gasteiger partial charge in [-0.2, -0.15) is 0 Å². The fourth-order valence-electron chi connectivity index (χ4n) is 1.83. The van der Waals surface area contributed by atoms with Crippen LogP contribution in [0.5, 0.6) is 5.75 Å². The van der Waals surface area contributed by atoms with E-state index in [4.69, 9.17) is 27.5 Å². The van der Waals surface area contributed by atoms with Gasteiger partial charge in [-0.3, -0.25) is 0 Å². The molecule has 1 aliphatic rings. The van der Waals surface area contributed by atoms with E-state index in [2.05, 4.69) is 5.92 Å². The summed E-state index contributed by atoms with van der Waals surface area (Å²) in [6, 6.07) is 5.43. The zero-order valence-electron chi connectivity index (χ0n) is 9.62. The first-order valence-electron chi connectivity index (χ1n) is 5.76. The van der Waals surface area contributed by atoms with Crippen LogP contribution in [0.2, 0.25) is 5.02 Å². The second kappa shape index (κ2) is 5.95. The second-order valence-corrected chi connectivity index (χ2v) is 4.56. The van der Waals surface area contributed by atoms with Gasteiger partial charge in [-0.15, -0.1) is 6.42 Å². The Kier molecular flexibility index (Phi) is 4.30. The highest BCUT2D eigenvalue weighted by molar-refractivity contribution is 6.31. The van der Waals surface area contributed by atoms with Crippen LogP contribution in [0.3, 0.4) is 0 Å². The van der Waals surface area contributed by atoms with Crippen LogP contribution in [0.4, 0.5) is 0 Å². The Labute approximate surface area is 107 Å². The minimum absolute atomic E-state index is 0.578. The first-order chi connectivity index (χ1) is 8.29. The molecule has 1 saturated heterocycles. The lowest BCUT2D eigenvalue weighted by Gasteiger charge is -2.22. The van der Waals surface area contributed by atoms with Crippen LogP contribution in [-0.4, -0.2) is 19.8 Å². The molecule has 0 bridgehead atoms. The normalized spacial score (nSPS) is 16.5. The van der Waals surface area contributed by atoms with Gasteiger partial charge in [0.25, 0.3) is 0 Å². The van der Waals surface area contributed by atoms with E-state index in [0.29, 0.717) is 16.5 Å². The predicted molar refractivity (Wildman–Crippen MR) is 68.4 cm³/mol. The van der Waals surface area contributed by atoms with Crippen LogP contribution in [-0.2, 0) is 4.74 Å². The Morgan fingerprint density at radius 2 is 2.18 bits per heavy atom. The van der Waals surface area contributed by atoms with E-state index in [1.54, 1.807) is 6.07 Å². The Balaban J connectivity index is 1.92. The van der Waals surface area contributed by atoms with Crippen LogP contribution in [0.15, 0.2) is 18.2 Å². The van der Waals surface area contributed by atoms with Crippen LogP contribution < -0.4 is 4.74 Å². The summed E-state index contributed by atoms with van der Waals surface area (Å²) in [5, 5.41) is 0.589. The van der Waals surface area contributed by atoms with Crippen molar-refractivity contribution in [3.63, 3.8) is 0 Å². The monoisotopic (exact) mass is 250 g/mol. The first kappa shape index (κ1) is 12.3. The molecule has 1 aromatic carbocycles. The molecule has 90 valence electrons. The predicted octanol–water partition coefficient (Wildman–Crippen LogP) is 3.13. The summed E-state index contributed by atoms with van der Waals surface area (Å²) in [7, 11) is 0. The molecule has 2 rings (SSSR count). The van der Waals surface area contributed by atoms with E-state index >= 15 is 0 Å². The zero-order valence-corrected chi connectivity index (χ0v) is 10.4. The molecular weight excluding hydrogens is 236 g/mol. The van der Waals surface area contributed by atoms with E-state index in [9.17, 15) is 0 Å². The smallest absolute Gasteiger partial charge is 0.120 e. The summed E-state index contributed by atoms with van der Waals surface area (Å²) in [5.74, 6) is 3.91. The molecule has 1 fully saturated rings. The van der Waals surface area contributed by atoms with Crippen LogP contribution in [0, 0.1) is 18.3 Å². The summed E-state index contributed by atoms with van der Waals surface area (Å²) in [6.07, 6.45) is 7.48. The van der Waals surface area contributed by atoms with Gasteiger partial charge in [-0.1, -0.05) is 17.5 Å². The molecule has 1 aliphatic heterocycles. The third-order valence-electron chi connectivity index (χ3n) is 2.92. The van der Waals surface area contributed by atoms with Crippen molar-refractivity contribution in [3.05, 3.63) is 28.8 Å². The van der Waals surface area contributed by atoms with Crippen molar-refractivity contribution in [1.82, 2.24) is 0 Å². The Hall–Kier alpha value is -1.17. The number of benzene rings is 1. The summed E-state index contributed by atoms with van der Waals surface area (Å²) >= 11 is 5.93. The first-order valence-corrected chi connectivity index (χ1v) is 6.14. The molecule has 1 heterocycles. The van der Waals surface area contributed by atoms with Gasteiger partial charge in [0.15, 0.2) is 0 Å². The maximum Gasteiger partial charge on any atom is 0.120 e. The maximum absolute atomic E-state index is 5.93. The highest BCUT2D eigenvalue weighted by Crippen LogP contribution is 2.23. The second-order valence-electron chi connectivity index (χ2n) is 4.15. The molecule has 0 atom stereocenters. The Morgan fingerprint density at radius 3 is 2.88 bits per heavy atom. The van der Waals surface area contributed by atoms with Crippen LogP contribution >= 0.6 is 11.6 Å². The van der Waals surface area contributed by atoms with Crippen LogP contribution in [0.25, 0.3) is 0 Å². The van der Waals surface area contributed by atoms with Gasteiger partial charge in [0.1, 0.15) is 5.75 Å². The fraction of sp³-hybridized carbons (Fsp3) is 0.429. The highest BCUT2D eigenvalue weighted by atomic mass is 35.5. The number of hydrogen-bond donors (Lipinski definition) is 0. The molecule has 0 radical (unpaired) electrons. The highest BCUT2D eigenvalue weighted by Gasteiger charge is 2.14. The van der Waals surface area contributed by atoms with E-state index in [1.807, 2.05) is 12.1 Å². The number of terminal acetylenes is 1. The number of hydrogen-bond acceptors (Lipinski definition) is 2. The molecule has 3 heteroatoms. The van der Waals surface area contributed by atoms with Crippen LogP contribution in [0.1, 0.15) is 18.4 Å². The number of halogens is 1. The molecule has 0 amide bonds. The lowest BCUT2D eigenvalue weighted by atomic mass is 10.0. The largest absolute Gasteiger partial charge is 0.493 e. The molecular formula is C14H15ClO2. The Bertz CT molecular complexity index is 417.